The van der Waals surface area contributed by atoms with Crippen molar-refractivity contribution < 1.29 is 8.42 Å². The normalized spacial score (nSPS) is 17.7. The minimum Gasteiger partial charge on any atom is -0.304 e. The lowest BCUT2D eigenvalue weighted by molar-refractivity contribution is 0.113. The van der Waals surface area contributed by atoms with Crippen molar-refractivity contribution in [3.8, 4) is 0 Å². The minimum absolute atomic E-state index is 0.0267. The third-order valence-electron chi connectivity index (χ3n) is 5.21. The molecule has 1 heterocycles. The van der Waals surface area contributed by atoms with Gasteiger partial charge in [0.25, 0.3) is 0 Å². The first-order valence-electron chi connectivity index (χ1n) is 9.41. The molecule has 6 heteroatoms. The molecule has 1 N–H and O–H groups in total. The summed E-state index contributed by atoms with van der Waals surface area (Å²) >= 11 is 0. The lowest BCUT2D eigenvalue weighted by atomic mass is 10.0. The summed E-state index contributed by atoms with van der Waals surface area (Å²) < 4.78 is 28.4. The van der Waals surface area contributed by atoms with Gasteiger partial charge in [0.2, 0.25) is 10.0 Å². The maximum atomic E-state index is 12.8. The fraction of sp³-hybridized carbons (Fsp3) is 0.429. The second-order valence-corrected chi connectivity index (χ2v) is 9.20. The van der Waals surface area contributed by atoms with Gasteiger partial charge < -0.3 is 4.90 Å². The summed E-state index contributed by atoms with van der Waals surface area (Å²) in [5.74, 6) is 0. The molecule has 1 atom stereocenters. The highest BCUT2D eigenvalue weighted by molar-refractivity contribution is 7.89. The molecule has 2 aromatic carbocycles. The average molecular weight is 388 g/mol. The number of piperazine rings is 1. The molecule has 0 saturated carbocycles. The zero-order chi connectivity index (χ0) is 19.4. The van der Waals surface area contributed by atoms with Crippen molar-refractivity contribution in [1.82, 2.24) is 14.5 Å². The zero-order valence-corrected chi connectivity index (χ0v) is 17.2. The third kappa shape index (κ3) is 5.17. The van der Waals surface area contributed by atoms with Gasteiger partial charge in [0.1, 0.15) is 0 Å². The molecule has 146 valence electrons. The van der Waals surface area contributed by atoms with Crippen LogP contribution in [0.15, 0.2) is 53.4 Å². The fourth-order valence-corrected chi connectivity index (χ4v) is 4.58. The van der Waals surface area contributed by atoms with E-state index in [9.17, 15) is 8.42 Å². The summed E-state index contributed by atoms with van der Waals surface area (Å²) in [7, 11) is -1.41. The van der Waals surface area contributed by atoms with E-state index < -0.39 is 10.0 Å². The van der Waals surface area contributed by atoms with Crippen molar-refractivity contribution in [2.45, 2.75) is 24.8 Å². The molecule has 0 aromatic heterocycles. The Morgan fingerprint density at radius 1 is 0.963 bits per heavy atom. The number of hydrogen-bond acceptors (Lipinski definition) is 4. The Morgan fingerprint density at radius 2 is 1.63 bits per heavy atom. The fourth-order valence-electron chi connectivity index (χ4n) is 3.43. The van der Waals surface area contributed by atoms with Crippen molar-refractivity contribution in [3.05, 3.63) is 65.2 Å². The zero-order valence-electron chi connectivity index (χ0n) is 16.4. The lowest BCUT2D eigenvalue weighted by Crippen LogP contribution is -2.48. The Labute approximate surface area is 163 Å². The molecule has 0 amide bonds. The summed E-state index contributed by atoms with van der Waals surface area (Å²) in [6.07, 6.45) is 0. The van der Waals surface area contributed by atoms with Crippen LogP contribution in [0, 0.1) is 13.8 Å². The Hall–Kier alpha value is -1.73. The number of likely N-dealkylation sites (N-methyl/N-ethyl adjacent to an activating group) is 1. The summed E-state index contributed by atoms with van der Waals surface area (Å²) in [4.78, 5) is 5.01. The van der Waals surface area contributed by atoms with Crippen LogP contribution in [0.4, 0.5) is 0 Å². The van der Waals surface area contributed by atoms with Gasteiger partial charge in [0.05, 0.1) is 4.90 Å². The van der Waals surface area contributed by atoms with Crippen LogP contribution in [0.1, 0.15) is 22.7 Å². The molecule has 1 aliphatic heterocycles. The van der Waals surface area contributed by atoms with Gasteiger partial charge in [-0.15, -0.1) is 0 Å². The van der Waals surface area contributed by atoms with Gasteiger partial charge in [-0.1, -0.05) is 42.0 Å². The molecular formula is C21H29N3O2S. The van der Waals surface area contributed by atoms with Crippen molar-refractivity contribution in [2.24, 2.45) is 0 Å². The van der Waals surface area contributed by atoms with Crippen LogP contribution in [0.25, 0.3) is 0 Å². The smallest absolute Gasteiger partial charge is 0.240 e. The number of rotatable bonds is 6. The SMILES string of the molecule is Cc1ccc(C(CNS(=O)(=O)c2cccc(C)c2)N2CCN(C)CC2)cc1. The van der Waals surface area contributed by atoms with Gasteiger partial charge in [-0.05, 0) is 44.2 Å². The highest BCUT2D eigenvalue weighted by Crippen LogP contribution is 2.23. The second-order valence-electron chi connectivity index (χ2n) is 7.43. The van der Waals surface area contributed by atoms with E-state index in [0.717, 1.165) is 37.3 Å². The highest BCUT2D eigenvalue weighted by atomic mass is 32.2. The number of sulfonamides is 1. The highest BCUT2D eigenvalue weighted by Gasteiger charge is 2.26. The van der Waals surface area contributed by atoms with Crippen LogP contribution in [0.2, 0.25) is 0 Å². The first-order chi connectivity index (χ1) is 12.8. The molecule has 1 saturated heterocycles. The average Bonchev–Trinajstić information content (AvgIpc) is 2.64. The first kappa shape index (κ1) is 20.0. The van der Waals surface area contributed by atoms with E-state index in [1.807, 2.05) is 13.0 Å². The molecule has 27 heavy (non-hydrogen) atoms. The molecule has 1 aliphatic rings. The van der Waals surface area contributed by atoms with Crippen LogP contribution in [0.3, 0.4) is 0 Å². The first-order valence-corrected chi connectivity index (χ1v) is 10.9. The Morgan fingerprint density at radius 3 is 2.26 bits per heavy atom. The molecule has 0 spiro atoms. The summed E-state index contributed by atoms with van der Waals surface area (Å²) in [6.45, 7) is 8.18. The predicted octanol–water partition coefficient (Wildman–Crippen LogP) is 2.57. The van der Waals surface area contributed by atoms with E-state index in [1.54, 1.807) is 18.2 Å². The monoisotopic (exact) mass is 387 g/mol. The largest absolute Gasteiger partial charge is 0.304 e. The van der Waals surface area contributed by atoms with E-state index in [4.69, 9.17) is 0 Å². The third-order valence-corrected chi connectivity index (χ3v) is 6.63. The standard InChI is InChI=1S/C21H29N3O2S/c1-17-7-9-19(10-8-17)21(24-13-11-23(3)12-14-24)16-22-27(25,26)20-6-4-5-18(2)15-20/h4-10,15,21-22H,11-14,16H2,1-3H3. The van der Waals surface area contributed by atoms with Gasteiger partial charge in [0, 0.05) is 38.8 Å². The molecule has 0 radical (unpaired) electrons. The Bertz CT molecular complexity index is 857. The number of nitrogens with zero attached hydrogens (tertiary/aromatic N) is 2. The van der Waals surface area contributed by atoms with Crippen molar-refractivity contribution in [2.75, 3.05) is 39.8 Å². The molecular weight excluding hydrogens is 358 g/mol. The lowest BCUT2D eigenvalue weighted by Gasteiger charge is -2.38. The molecule has 5 nitrogen and oxygen atoms in total. The van der Waals surface area contributed by atoms with Crippen LogP contribution >= 0.6 is 0 Å². The second kappa shape index (κ2) is 8.52. The summed E-state index contributed by atoms with van der Waals surface area (Å²) in [5.41, 5.74) is 3.29. The van der Waals surface area contributed by atoms with E-state index >= 15 is 0 Å². The van der Waals surface area contributed by atoms with Crippen LogP contribution in [0.5, 0.6) is 0 Å². The van der Waals surface area contributed by atoms with Crippen LogP contribution in [-0.4, -0.2) is 58.0 Å². The number of benzene rings is 2. The maximum absolute atomic E-state index is 12.8. The molecule has 1 fully saturated rings. The minimum atomic E-state index is -3.53. The molecule has 0 aliphatic carbocycles. The predicted molar refractivity (Wildman–Crippen MR) is 109 cm³/mol. The van der Waals surface area contributed by atoms with Crippen molar-refractivity contribution in [3.63, 3.8) is 0 Å². The molecule has 2 aromatic rings. The van der Waals surface area contributed by atoms with E-state index in [2.05, 4.69) is 52.8 Å². The number of hydrogen-bond donors (Lipinski definition) is 1. The van der Waals surface area contributed by atoms with Gasteiger partial charge in [-0.25, -0.2) is 13.1 Å². The van der Waals surface area contributed by atoms with E-state index in [0.29, 0.717) is 11.4 Å². The summed E-state index contributed by atoms with van der Waals surface area (Å²) in [6, 6.07) is 15.5. The van der Waals surface area contributed by atoms with Crippen LogP contribution < -0.4 is 4.72 Å². The quantitative estimate of drug-likeness (QED) is 0.828. The molecule has 0 bridgehead atoms. The Kier molecular flexibility index (Phi) is 6.32. The summed E-state index contributed by atoms with van der Waals surface area (Å²) in [5, 5.41) is 0. The van der Waals surface area contributed by atoms with Gasteiger partial charge in [-0.2, -0.15) is 0 Å². The van der Waals surface area contributed by atoms with Gasteiger partial charge >= 0.3 is 0 Å². The van der Waals surface area contributed by atoms with Crippen molar-refractivity contribution >= 4 is 10.0 Å². The molecule has 1 unspecified atom stereocenters. The van der Waals surface area contributed by atoms with Crippen molar-refractivity contribution in [1.29, 1.82) is 0 Å². The topological polar surface area (TPSA) is 52.7 Å². The Balaban J connectivity index is 1.79. The number of nitrogens with one attached hydrogen (secondary N) is 1. The van der Waals surface area contributed by atoms with E-state index in [-0.39, 0.29) is 6.04 Å². The maximum Gasteiger partial charge on any atom is 0.240 e. The molecule has 3 rings (SSSR count). The van der Waals surface area contributed by atoms with Gasteiger partial charge in [-0.3, -0.25) is 4.90 Å². The van der Waals surface area contributed by atoms with E-state index in [1.165, 1.54) is 5.56 Å². The van der Waals surface area contributed by atoms with Gasteiger partial charge in [0.15, 0.2) is 0 Å². The van der Waals surface area contributed by atoms with Crippen LogP contribution in [-0.2, 0) is 10.0 Å². The number of aryl methyl sites for hydroxylation is 2.